The minimum absolute atomic E-state index is 0.336. The largest absolute Gasteiger partial charge is 0.361 e. The van der Waals surface area contributed by atoms with E-state index in [0.29, 0.717) is 26.7 Å². The standard InChI is InChI=1S/C12H12Cl3N3S/c1-6(2)11-17-18(12(16-3)19-11)10-8(14)4-7(13)5-9(10)15/h4-6H,1-3H3/p+1. The van der Waals surface area contributed by atoms with Gasteiger partial charge in [0.05, 0.1) is 17.1 Å². The minimum Gasteiger partial charge on any atom is -0.266 e. The van der Waals surface area contributed by atoms with Gasteiger partial charge in [-0.2, -0.15) is 0 Å². The number of aromatic nitrogens is 2. The van der Waals surface area contributed by atoms with Crippen LogP contribution in [-0.4, -0.2) is 12.1 Å². The molecule has 0 unspecified atom stereocenters. The Kier molecular flexibility index (Phi) is 4.56. The summed E-state index contributed by atoms with van der Waals surface area (Å²) < 4.78 is 1.72. The number of rotatable bonds is 3. The molecule has 1 aromatic carbocycles. The molecule has 0 saturated heterocycles. The van der Waals surface area contributed by atoms with E-state index in [-0.39, 0.29) is 0 Å². The number of halogens is 3. The van der Waals surface area contributed by atoms with Crippen molar-refractivity contribution in [2.24, 2.45) is 0 Å². The lowest BCUT2D eigenvalue weighted by Gasteiger charge is -2.03. The summed E-state index contributed by atoms with van der Waals surface area (Å²) in [6.07, 6.45) is 0. The van der Waals surface area contributed by atoms with Crippen LogP contribution in [0, 0.1) is 0 Å². The Balaban J connectivity index is 2.64. The smallest absolute Gasteiger partial charge is 0.266 e. The van der Waals surface area contributed by atoms with Gasteiger partial charge in [0.2, 0.25) is 0 Å². The van der Waals surface area contributed by atoms with Crippen LogP contribution in [0.25, 0.3) is 5.69 Å². The molecule has 0 fully saturated rings. The van der Waals surface area contributed by atoms with Gasteiger partial charge in [-0.3, -0.25) is 5.32 Å². The van der Waals surface area contributed by atoms with Crippen LogP contribution in [0.4, 0.5) is 5.13 Å². The number of hydrogen-bond donors (Lipinski definition) is 1. The van der Waals surface area contributed by atoms with Gasteiger partial charge in [-0.05, 0) is 23.5 Å². The Morgan fingerprint density at radius 2 is 1.79 bits per heavy atom. The first-order chi connectivity index (χ1) is 8.93. The van der Waals surface area contributed by atoms with Crippen LogP contribution < -0.4 is 10.00 Å². The second kappa shape index (κ2) is 5.83. The van der Waals surface area contributed by atoms with Crippen molar-refractivity contribution >= 4 is 51.3 Å². The normalized spacial score (nSPS) is 11.1. The number of nitrogens with one attached hydrogen (secondary N) is 1. The van der Waals surface area contributed by atoms with E-state index in [4.69, 9.17) is 34.8 Å². The van der Waals surface area contributed by atoms with Gasteiger partial charge in [0, 0.05) is 10.9 Å². The zero-order valence-electron chi connectivity index (χ0n) is 10.7. The monoisotopic (exact) mass is 336 g/mol. The molecule has 0 aliphatic carbocycles. The van der Waals surface area contributed by atoms with Crippen molar-refractivity contribution in [3.63, 3.8) is 0 Å². The van der Waals surface area contributed by atoms with E-state index in [1.807, 2.05) is 7.05 Å². The van der Waals surface area contributed by atoms with Gasteiger partial charge < -0.3 is 0 Å². The summed E-state index contributed by atoms with van der Waals surface area (Å²) in [5.41, 5.74) is 0.639. The molecule has 0 atom stereocenters. The summed E-state index contributed by atoms with van der Waals surface area (Å²) in [4.78, 5) is 0. The summed E-state index contributed by atoms with van der Waals surface area (Å²) in [6, 6.07) is 3.32. The van der Waals surface area contributed by atoms with E-state index in [0.717, 1.165) is 10.1 Å². The number of anilines is 1. The van der Waals surface area contributed by atoms with Crippen molar-refractivity contribution in [2.45, 2.75) is 19.8 Å². The topological polar surface area (TPSA) is 28.8 Å². The van der Waals surface area contributed by atoms with E-state index < -0.39 is 0 Å². The van der Waals surface area contributed by atoms with Crippen molar-refractivity contribution in [1.29, 1.82) is 0 Å². The molecule has 0 spiro atoms. The van der Waals surface area contributed by atoms with Gasteiger partial charge in [0.25, 0.3) is 0 Å². The average molecular weight is 338 g/mol. The molecule has 0 saturated carbocycles. The third kappa shape index (κ3) is 2.97. The van der Waals surface area contributed by atoms with E-state index in [9.17, 15) is 0 Å². The Labute approximate surface area is 131 Å². The fourth-order valence-corrected chi connectivity index (χ4v) is 3.44. The molecule has 19 heavy (non-hydrogen) atoms. The summed E-state index contributed by atoms with van der Waals surface area (Å²) >= 11 is 20.0. The van der Waals surface area contributed by atoms with Crippen molar-refractivity contribution in [1.82, 2.24) is 5.10 Å². The maximum atomic E-state index is 6.23. The van der Waals surface area contributed by atoms with Gasteiger partial charge in [-0.1, -0.05) is 58.4 Å². The van der Waals surface area contributed by atoms with Crippen molar-refractivity contribution in [3.05, 3.63) is 32.2 Å². The first-order valence-electron chi connectivity index (χ1n) is 5.69. The molecule has 0 amide bonds. The molecular formula is C12H13Cl3N3S+. The zero-order chi connectivity index (χ0) is 14.2. The minimum atomic E-state index is 0.336. The first-order valence-corrected chi connectivity index (χ1v) is 7.64. The van der Waals surface area contributed by atoms with Crippen LogP contribution in [-0.2, 0) is 0 Å². The van der Waals surface area contributed by atoms with Gasteiger partial charge >= 0.3 is 5.13 Å². The maximum absolute atomic E-state index is 6.23. The summed E-state index contributed by atoms with van der Waals surface area (Å²) in [5.74, 6) is 0.336. The third-order valence-corrected chi connectivity index (χ3v) is 4.62. The van der Waals surface area contributed by atoms with Crippen molar-refractivity contribution in [2.75, 3.05) is 12.4 Å². The van der Waals surface area contributed by atoms with Crippen LogP contribution in [0.3, 0.4) is 0 Å². The molecule has 0 aliphatic rings. The molecule has 1 aromatic heterocycles. The Morgan fingerprint density at radius 3 is 2.26 bits per heavy atom. The van der Waals surface area contributed by atoms with Crippen LogP contribution in [0.5, 0.6) is 0 Å². The van der Waals surface area contributed by atoms with E-state index >= 15 is 0 Å². The van der Waals surface area contributed by atoms with Crippen molar-refractivity contribution in [3.8, 4) is 5.69 Å². The molecule has 0 aliphatic heterocycles. The molecular weight excluding hydrogens is 325 g/mol. The van der Waals surface area contributed by atoms with Gasteiger partial charge in [-0.25, -0.2) is 0 Å². The summed E-state index contributed by atoms with van der Waals surface area (Å²) in [5, 5.41) is 11.0. The Bertz CT molecular complexity index is 587. The predicted octanol–water partition coefficient (Wildman–Crippen LogP) is 4.55. The van der Waals surface area contributed by atoms with E-state index in [1.165, 1.54) is 0 Å². The van der Waals surface area contributed by atoms with E-state index in [1.54, 1.807) is 28.2 Å². The highest BCUT2D eigenvalue weighted by Crippen LogP contribution is 2.31. The highest BCUT2D eigenvalue weighted by atomic mass is 35.5. The Morgan fingerprint density at radius 1 is 1.21 bits per heavy atom. The SMILES string of the molecule is CNc1sc(C(C)C)n[n+]1-c1c(Cl)cc(Cl)cc1Cl. The van der Waals surface area contributed by atoms with Crippen LogP contribution in [0.1, 0.15) is 24.8 Å². The lowest BCUT2D eigenvalue weighted by molar-refractivity contribution is -0.640. The molecule has 7 heteroatoms. The number of benzene rings is 1. The number of nitrogens with zero attached hydrogens (tertiary/aromatic N) is 2. The summed E-state index contributed by atoms with van der Waals surface area (Å²) in [7, 11) is 1.84. The zero-order valence-corrected chi connectivity index (χ0v) is 13.8. The second-order valence-electron chi connectivity index (χ2n) is 4.28. The quantitative estimate of drug-likeness (QED) is 0.833. The Hall–Kier alpha value is -0.550. The fourth-order valence-electron chi connectivity index (χ4n) is 1.59. The predicted molar refractivity (Wildman–Crippen MR) is 82.3 cm³/mol. The fraction of sp³-hybridized carbons (Fsp3) is 0.333. The highest BCUT2D eigenvalue weighted by Gasteiger charge is 2.24. The lowest BCUT2D eigenvalue weighted by Crippen LogP contribution is -2.36. The molecule has 2 aromatic rings. The third-order valence-electron chi connectivity index (χ3n) is 2.49. The first kappa shape index (κ1) is 14.9. The molecule has 0 bridgehead atoms. The van der Waals surface area contributed by atoms with E-state index in [2.05, 4.69) is 24.3 Å². The lowest BCUT2D eigenvalue weighted by atomic mass is 10.2. The molecule has 2 rings (SSSR count). The van der Waals surface area contributed by atoms with Crippen LogP contribution in [0.15, 0.2) is 12.1 Å². The molecule has 1 heterocycles. The average Bonchev–Trinajstić information content (AvgIpc) is 2.71. The van der Waals surface area contributed by atoms with Gasteiger partial charge in [0.15, 0.2) is 5.69 Å². The van der Waals surface area contributed by atoms with Gasteiger partial charge in [-0.15, -0.1) is 0 Å². The maximum Gasteiger partial charge on any atom is 0.361 e. The number of hydrogen-bond acceptors (Lipinski definition) is 3. The van der Waals surface area contributed by atoms with Gasteiger partial charge in [0.1, 0.15) is 5.01 Å². The molecule has 1 N–H and O–H groups in total. The molecule has 0 radical (unpaired) electrons. The molecule has 3 nitrogen and oxygen atoms in total. The van der Waals surface area contributed by atoms with Crippen LogP contribution >= 0.6 is 46.1 Å². The second-order valence-corrected chi connectivity index (χ2v) is 6.54. The molecule has 102 valence electrons. The summed E-state index contributed by atoms with van der Waals surface area (Å²) in [6.45, 7) is 4.18. The van der Waals surface area contributed by atoms with Crippen molar-refractivity contribution < 1.29 is 4.68 Å². The highest BCUT2D eigenvalue weighted by molar-refractivity contribution is 7.14. The van der Waals surface area contributed by atoms with Crippen LogP contribution in [0.2, 0.25) is 15.1 Å².